The van der Waals surface area contributed by atoms with Gasteiger partial charge in [-0.15, -0.1) is 0 Å². The summed E-state index contributed by atoms with van der Waals surface area (Å²) in [6.45, 7) is 4.98. The molecule has 2 atom stereocenters. The SMILES string of the molecule is CCCCCCCCCCCCCCCCCCC(O)C(CO)NC(=O)CCCCCCCCC/C=C\CCCCCCCCCCCCCCOC(=O)CCCCCCCCCCCCCCCCC. The molecule has 6 nitrogen and oxygen atoms in total. The molecule has 0 rings (SSSR count). The lowest BCUT2D eigenvalue weighted by molar-refractivity contribution is -0.143. The molecule has 0 bridgehead atoms. The van der Waals surface area contributed by atoms with Crippen molar-refractivity contribution in [2.24, 2.45) is 0 Å². The first-order chi connectivity index (χ1) is 35.0. The Kier molecular flexibility index (Phi) is 59.9. The number of aliphatic hydroxyl groups excluding tert-OH is 2. The topological polar surface area (TPSA) is 95.9 Å². The van der Waals surface area contributed by atoms with Crippen LogP contribution in [0.15, 0.2) is 12.2 Å². The predicted molar refractivity (Wildman–Crippen MR) is 310 cm³/mol. The third-order valence-corrected chi connectivity index (χ3v) is 15.3. The van der Waals surface area contributed by atoms with Crippen molar-refractivity contribution in [1.82, 2.24) is 5.32 Å². The van der Waals surface area contributed by atoms with E-state index in [0.717, 1.165) is 38.5 Å². The number of carbonyl (C=O) groups excluding carboxylic acids is 2. The molecule has 0 aromatic rings. The van der Waals surface area contributed by atoms with Gasteiger partial charge < -0.3 is 20.3 Å². The standard InChI is InChI=1S/C65H127NO5/c1-3-5-7-9-11-13-15-17-19-30-33-37-41-45-49-53-57-63(68)62(61-67)66-64(69)58-54-50-46-42-38-34-31-27-25-23-21-20-22-24-26-28-32-36-40-44-48-52-56-60-71-65(70)59-55-51-47-43-39-35-29-18-16-14-12-10-8-6-4-2/h23,25,62-63,67-68H,3-22,24,26-61H2,1-2H3,(H,66,69)/b25-23-. The molecule has 0 saturated carbocycles. The molecule has 0 aromatic heterocycles. The number of aliphatic hydroxyl groups is 2. The molecule has 71 heavy (non-hydrogen) atoms. The van der Waals surface area contributed by atoms with E-state index in [1.54, 1.807) is 0 Å². The second-order valence-corrected chi connectivity index (χ2v) is 22.5. The first kappa shape index (κ1) is 69.6. The molecule has 3 N–H and O–H groups in total. The number of ether oxygens (including phenoxy) is 1. The van der Waals surface area contributed by atoms with Crippen molar-refractivity contribution in [2.45, 2.75) is 379 Å². The van der Waals surface area contributed by atoms with E-state index in [2.05, 4.69) is 31.3 Å². The summed E-state index contributed by atoms with van der Waals surface area (Å²) in [5.74, 6) is -0.0230. The molecule has 6 heteroatoms. The predicted octanol–water partition coefficient (Wildman–Crippen LogP) is 20.4. The van der Waals surface area contributed by atoms with Gasteiger partial charge in [0.2, 0.25) is 5.91 Å². The highest BCUT2D eigenvalue weighted by Gasteiger charge is 2.20. The summed E-state index contributed by atoms with van der Waals surface area (Å²) in [6.07, 6.45) is 73.7. The molecule has 0 heterocycles. The Hall–Kier alpha value is -1.40. The number of hydrogen-bond donors (Lipinski definition) is 3. The van der Waals surface area contributed by atoms with E-state index in [9.17, 15) is 19.8 Å². The monoisotopic (exact) mass is 1000 g/mol. The third kappa shape index (κ3) is 57.7. The largest absolute Gasteiger partial charge is 0.466 e. The van der Waals surface area contributed by atoms with Gasteiger partial charge in [-0.2, -0.15) is 0 Å². The van der Waals surface area contributed by atoms with Crippen molar-refractivity contribution in [2.75, 3.05) is 13.2 Å². The molecule has 422 valence electrons. The smallest absolute Gasteiger partial charge is 0.305 e. The second-order valence-electron chi connectivity index (χ2n) is 22.5. The summed E-state index contributed by atoms with van der Waals surface area (Å²) >= 11 is 0. The van der Waals surface area contributed by atoms with Crippen molar-refractivity contribution in [3.8, 4) is 0 Å². The quantitative estimate of drug-likeness (QED) is 0.0320. The van der Waals surface area contributed by atoms with Gasteiger partial charge in [-0.3, -0.25) is 9.59 Å². The highest BCUT2D eigenvalue weighted by Crippen LogP contribution is 2.18. The van der Waals surface area contributed by atoms with Crippen LogP contribution in [0.25, 0.3) is 0 Å². The highest BCUT2D eigenvalue weighted by molar-refractivity contribution is 5.76. The van der Waals surface area contributed by atoms with Crippen LogP contribution in [0.4, 0.5) is 0 Å². The summed E-state index contributed by atoms with van der Waals surface area (Å²) in [5, 5.41) is 23.3. The van der Waals surface area contributed by atoms with Crippen LogP contribution in [0, 0.1) is 0 Å². The number of nitrogens with one attached hydrogen (secondary N) is 1. The summed E-state index contributed by atoms with van der Waals surface area (Å²) in [7, 11) is 0. The third-order valence-electron chi connectivity index (χ3n) is 15.3. The van der Waals surface area contributed by atoms with E-state index in [0.29, 0.717) is 25.9 Å². The molecular formula is C65H127NO5. The van der Waals surface area contributed by atoms with Crippen molar-refractivity contribution in [3.05, 3.63) is 12.2 Å². The van der Waals surface area contributed by atoms with Gasteiger partial charge in [0, 0.05) is 12.8 Å². The lowest BCUT2D eigenvalue weighted by Gasteiger charge is -2.22. The number of allylic oxidation sites excluding steroid dienone is 2. The summed E-state index contributed by atoms with van der Waals surface area (Å²) < 4.78 is 5.49. The Bertz CT molecular complexity index is 1060. The Morgan fingerprint density at radius 1 is 0.380 bits per heavy atom. The summed E-state index contributed by atoms with van der Waals surface area (Å²) in [6, 6.07) is -0.545. The minimum Gasteiger partial charge on any atom is -0.466 e. The van der Waals surface area contributed by atoms with Crippen LogP contribution in [0.1, 0.15) is 367 Å². The van der Waals surface area contributed by atoms with Gasteiger partial charge in [-0.1, -0.05) is 315 Å². The Labute approximate surface area is 444 Å². The zero-order chi connectivity index (χ0) is 51.4. The van der Waals surface area contributed by atoms with Gasteiger partial charge in [0.15, 0.2) is 0 Å². The Morgan fingerprint density at radius 2 is 0.662 bits per heavy atom. The van der Waals surface area contributed by atoms with Crippen LogP contribution < -0.4 is 5.32 Å². The number of carbonyl (C=O) groups is 2. The number of unbranched alkanes of at least 4 members (excludes halogenated alkanes) is 48. The highest BCUT2D eigenvalue weighted by atomic mass is 16.5. The van der Waals surface area contributed by atoms with Crippen LogP contribution in [0.2, 0.25) is 0 Å². The van der Waals surface area contributed by atoms with E-state index in [1.807, 2.05) is 0 Å². The van der Waals surface area contributed by atoms with Crippen molar-refractivity contribution in [1.29, 1.82) is 0 Å². The average Bonchev–Trinajstić information content (AvgIpc) is 3.37. The van der Waals surface area contributed by atoms with Gasteiger partial charge in [0.25, 0.3) is 0 Å². The van der Waals surface area contributed by atoms with E-state index in [-0.39, 0.29) is 18.5 Å². The summed E-state index contributed by atoms with van der Waals surface area (Å²) in [5.41, 5.74) is 0. The van der Waals surface area contributed by atoms with Crippen LogP contribution in [0.5, 0.6) is 0 Å². The van der Waals surface area contributed by atoms with Gasteiger partial charge in [-0.05, 0) is 51.4 Å². The molecule has 0 saturated heterocycles. The lowest BCUT2D eigenvalue weighted by Crippen LogP contribution is -2.45. The molecule has 0 aliphatic rings. The second kappa shape index (κ2) is 61.1. The zero-order valence-electron chi connectivity index (χ0n) is 48.2. The molecule has 2 unspecified atom stereocenters. The van der Waals surface area contributed by atoms with Gasteiger partial charge in [0.05, 0.1) is 25.4 Å². The van der Waals surface area contributed by atoms with Gasteiger partial charge in [-0.25, -0.2) is 0 Å². The first-order valence-corrected chi connectivity index (χ1v) is 32.4. The minimum atomic E-state index is -0.667. The molecule has 0 aliphatic heterocycles. The van der Waals surface area contributed by atoms with Crippen LogP contribution >= 0.6 is 0 Å². The molecule has 0 aliphatic carbocycles. The normalized spacial score (nSPS) is 12.6. The summed E-state index contributed by atoms with van der Waals surface area (Å²) in [4.78, 5) is 24.6. The fourth-order valence-electron chi connectivity index (χ4n) is 10.3. The van der Waals surface area contributed by atoms with E-state index in [4.69, 9.17) is 4.74 Å². The van der Waals surface area contributed by atoms with Crippen LogP contribution in [-0.2, 0) is 14.3 Å². The Morgan fingerprint density at radius 3 is 1.00 bits per heavy atom. The average molecular weight is 1000 g/mol. The fraction of sp³-hybridized carbons (Fsp3) is 0.938. The molecule has 0 fully saturated rings. The van der Waals surface area contributed by atoms with Crippen LogP contribution in [0.3, 0.4) is 0 Å². The fourth-order valence-corrected chi connectivity index (χ4v) is 10.3. The van der Waals surface area contributed by atoms with Gasteiger partial charge >= 0.3 is 5.97 Å². The molecule has 0 spiro atoms. The van der Waals surface area contributed by atoms with E-state index >= 15 is 0 Å². The maximum atomic E-state index is 12.5. The Balaban J connectivity index is 3.39. The first-order valence-electron chi connectivity index (χ1n) is 32.4. The number of amides is 1. The lowest BCUT2D eigenvalue weighted by atomic mass is 10.0. The molecular weight excluding hydrogens is 875 g/mol. The maximum absolute atomic E-state index is 12.5. The van der Waals surface area contributed by atoms with Crippen molar-refractivity contribution in [3.63, 3.8) is 0 Å². The van der Waals surface area contributed by atoms with Crippen LogP contribution in [-0.4, -0.2) is 47.4 Å². The maximum Gasteiger partial charge on any atom is 0.305 e. The molecule has 0 radical (unpaired) electrons. The van der Waals surface area contributed by atoms with Crippen molar-refractivity contribution >= 4 is 11.9 Å². The number of hydrogen-bond acceptors (Lipinski definition) is 5. The molecule has 0 aromatic carbocycles. The molecule has 1 amide bonds. The van der Waals surface area contributed by atoms with E-state index < -0.39 is 12.1 Å². The number of rotatable bonds is 61. The minimum absolute atomic E-state index is 0.0152. The van der Waals surface area contributed by atoms with E-state index in [1.165, 1.54) is 295 Å². The zero-order valence-corrected chi connectivity index (χ0v) is 48.2. The van der Waals surface area contributed by atoms with Gasteiger partial charge in [0.1, 0.15) is 0 Å². The number of esters is 1. The van der Waals surface area contributed by atoms with Crippen molar-refractivity contribution < 1.29 is 24.5 Å².